The fourth-order valence-electron chi connectivity index (χ4n) is 3.70. The van der Waals surface area contributed by atoms with Crippen molar-refractivity contribution < 1.29 is 22.7 Å². The molecule has 0 unspecified atom stereocenters. The van der Waals surface area contributed by atoms with Gasteiger partial charge in [-0.15, -0.1) is 0 Å². The van der Waals surface area contributed by atoms with Crippen molar-refractivity contribution in [3.8, 4) is 34.4 Å². The van der Waals surface area contributed by atoms with Gasteiger partial charge in [0.2, 0.25) is 0 Å². The molecule has 0 aliphatic heterocycles. The van der Waals surface area contributed by atoms with Crippen LogP contribution in [0.1, 0.15) is 6.92 Å². The summed E-state index contributed by atoms with van der Waals surface area (Å²) in [5.41, 5.74) is 2.15. The Morgan fingerprint density at radius 2 is 1.64 bits per heavy atom. The molecule has 0 saturated carbocycles. The molecule has 0 aliphatic rings. The lowest BCUT2D eigenvalue weighted by molar-refractivity contribution is 0.232. The zero-order valence-electron chi connectivity index (χ0n) is 19.7. The lowest BCUT2D eigenvalue weighted by Gasteiger charge is -2.13. The lowest BCUT2D eigenvalue weighted by atomic mass is 10.2. The van der Waals surface area contributed by atoms with Crippen LogP contribution in [0.25, 0.3) is 22.3 Å². The van der Waals surface area contributed by atoms with Crippen LogP contribution in [-0.2, 0) is 9.84 Å². The Kier molecular flexibility index (Phi) is 6.30. The SMILES string of the molecule is CCS(=O)(=O)c1ccc(On2c(-c3ccccn3)cc3ccc(Oc4ccccc4OC)cc32)cn1. The normalized spacial score (nSPS) is 11.4. The number of fused-ring (bicyclic) bond motifs is 1. The Morgan fingerprint density at radius 1 is 0.861 bits per heavy atom. The fourth-order valence-corrected chi connectivity index (χ4v) is 4.48. The lowest BCUT2D eigenvalue weighted by Crippen LogP contribution is -2.09. The van der Waals surface area contributed by atoms with Gasteiger partial charge >= 0.3 is 0 Å². The molecule has 2 aromatic carbocycles. The summed E-state index contributed by atoms with van der Waals surface area (Å²) in [7, 11) is -1.82. The van der Waals surface area contributed by atoms with Gasteiger partial charge in [0.15, 0.2) is 32.1 Å². The van der Waals surface area contributed by atoms with Crippen LogP contribution in [0, 0.1) is 0 Å². The van der Waals surface area contributed by atoms with E-state index in [1.807, 2.05) is 66.7 Å². The van der Waals surface area contributed by atoms with Gasteiger partial charge in [-0.05, 0) is 54.6 Å². The summed E-state index contributed by atoms with van der Waals surface area (Å²) >= 11 is 0. The average Bonchev–Trinajstić information content (AvgIpc) is 3.27. The predicted octanol–water partition coefficient (Wildman–Crippen LogP) is 5.53. The van der Waals surface area contributed by atoms with Gasteiger partial charge in [-0.1, -0.05) is 25.1 Å². The molecule has 5 rings (SSSR count). The number of pyridine rings is 2. The Morgan fingerprint density at radius 3 is 2.33 bits per heavy atom. The first-order chi connectivity index (χ1) is 17.5. The Labute approximate surface area is 208 Å². The van der Waals surface area contributed by atoms with Gasteiger partial charge in [-0.3, -0.25) is 4.98 Å². The summed E-state index contributed by atoms with van der Waals surface area (Å²) in [5, 5.41) is 0.910. The molecule has 9 heteroatoms. The number of ether oxygens (including phenoxy) is 2. The second kappa shape index (κ2) is 9.71. The second-order valence-electron chi connectivity index (χ2n) is 7.84. The molecule has 0 spiro atoms. The smallest absolute Gasteiger partial charge is 0.195 e. The number of para-hydroxylation sites is 2. The van der Waals surface area contributed by atoms with Gasteiger partial charge in [0.1, 0.15) is 11.4 Å². The van der Waals surface area contributed by atoms with Crippen molar-refractivity contribution in [2.45, 2.75) is 11.9 Å². The van der Waals surface area contributed by atoms with Crippen molar-refractivity contribution >= 4 is 20.7 Å². The van der Waals surface area contributed by atoms with E-state index in [9.17, 15) is 8.42 Å². The molecule has 0 saturated heterocycles. The quantitative estimate of drug-likeness (QED) is 0.276. The van der Waals surface area contributed by atoms with Crippen LogP contribution >= 0.6 is 0 Å². The molecule has 0 aliphatic carbocycles. The highest BCUT2D eigenvalue weighted by molar-refractivity contribution is 7.91. The first-order valence-corrected chi connectivity index (χ1v) is 12.9. The molecule has 3 heterocycles. The van der Waals surface area contributed by atoms with Gasteiger partial charge in [-0.25, -0.2) is 13.4 Å². The highest BCUT2D eigenvalue weighted by atomic mass is 32.2. The van der Waals surface area contributed by atoms with Gasteiger partial charge in [0.05, 0.1) is 30.3 Å². The van der Waals surface area contributed by atoms with Crippen LogP contribution < -0.4 is 14.3 Å². The van der Waals surface area contributed by atoms with Gasteiger partial charge in [-0.2, -0.15) is 4.73 Å². The maximum atomic E-state index is 12.1. The molecule has 3 aromatic heterocycles. The van der Waals surface area contributed by atoms with E-state index in [0.717, 1.165) is 10.9 Å². The number of aromatic nitrogens is 3. The molecule has 182 valence electrons. The van der Waals surface area contributed by atoms with Gasteiger partial charge in [0, 0.05) is 17.6 Å². The van der Waals surface area contributed by atoms with Crippen LogP contribution in [0.3, 0.4) is 0 Å². The van der Waals surface area contributed by atoms with Crippen LogP contribution in [0.15, 0.2) is 96.3 Å². The Balaban J connectivity index is 1.58. The number of rotatable bonds is 8. The largest absolute Gasteiger partial charge is 0.493 e. The fraction of sp³-hybridized carbons (Fsp3) is 0.111. The summed E-state index contributed by atoms with van der Waals surface area (Å²) in [5.74, 6) is 2.13. The van der Waals surface area contributed by atoms with Crippen molar-refractivity contribution in [3.05, 3.63) is 91.3 Å². The average molecular weight is 502 g/mol. The molecule has 0 amide bonds. The summed E-state index contributed by atoms with van der Waals surface area (Å²) in [4.78, 5) is 14.8. The second-order valence-corrected chi connectivity index (χ2v) is 10.1. The minimum absolute atomic E-state index is 0.00663. The number of sulfone groups is 1. The summed E-state index contributed by atoms with van der Waals surface area (Å²) < 4.78 is 37.4. The van der Waals surface area contributed by atoms with Crippen LogP contribution in [0.4, 0.5) is 0 Å². The van der Waals surface area contributed by atoms with E-state index in [-0.39, 0.29) is 10.8 Å². The zero-order valence-corrected chi connectivity index (χ0v) is 20.5. The van der Waals surface area contributed by atoms with E-state index < -0.39 is 9.84 Å². The number of hydrogen-bond acceptors (Lipinski definition) is 7. The van der Waals surface area contributed by atoms with E-state index in [2.05, 4.69) is 9.97 Å². The molecule has 8 nitrogen and oxygen atoms in total. The predicted molar refractivity (Wildman–Crippen MR) is 136 cm³/mol. The van der Waals surface area contributed by atoms with Crippen LogP contribution in [-0.4, -0.2) is 36.0 Å². The monoisotopic (exact) mass is 501 g/mol. The molecule has 0 bridgehead atoms. The van der Waals surface area contributed by atoms with Gasteiger partial charge < -0.3 is 14.3 Å². The maximum Gasteiger partial charge on any atom is 0.195 e. The summed E-state index contributed by atoms with van der Waals surface area (Å²) in [6.45, 7) is 1.58. The minimum atomic E-state index is -3.41. The van der Waals surface area contributed by atoms with E-state index >= 15 is 0 Å². The molecule has 5 aromatic rings. The first-order valence-electron chi connectivity index (χ1n) is 11.2. The third kappa shape index (κ3) is 4.60. The van der Waals surface area contributed by atoms with E-state index in [1.54, 1.807) is 31.0 Å². The van der Waals surface area contributed by atoms with Crippen LogP contribution in [0.2, 0.25) is 0 Å². The number of hydrogen-bond donors (Lipinski definition) is 0. The van der Waals surface area contributed by atoms with Crippen molar-refractivity contribution in [3.63, 3.8) is 0 Å². The molecule has 0 radical (unpaired) electrons. The van der Waals surface area contributed by atoms with Crippen LogP contribution in [0.5, 0.6) is 23.0 Å². The van der Waals surface area contributed by atoms with E-state index in [0.29, 0.717) is 34.4 Å². The molecular weight excluding hydrogens is 478 g/mol. The number of nitrogens with zero attached hydrogens (tertiary/aromatic N) is 3. The zero-order chi connectivity index (χ0) is 25.1. The molecule has 0 fully saturated rings. The highest BCUT2D eigenvalue weighted by Gasteiger charge is 2.17. The Hall–Kier alpha value is -4.37. The van der Waals surface area contributed by atoms with Crippen molar-refractivity contribution in [1.82, 2.24) is 14.7 Å². The highest BCUT2D eigenvalue weighted by Crippen LogP contribution is 2.35. The number of methoxy groups -OCH3 is 1. The molecular formula is C27H23N3O5S. The maximum absolute atomic E-state index is 12.1. The third-order valence-corrected chi connectivity index (χ3v) is 7.20. The first kappa shape index (κ1) is 23.4. The van der Waals surface area contributed by atoms with E-state index in [4.69, 9.17) is 14.3 Å². The van der Waals surface area contributed by atoms with Crippen molar-refractivity contribution in [1.29, 1.82) is 0 Å². The Bertz CT molecular complexity index is 1620. The molecule has 0 N–H and O–H groups in total. The third-order valence-electron chi connectivity index (χ3n) is 5.56. The minimum Gasteiger partial charge on any atom is -0.493 e. The summed E-state index contributed by atoms with van der Waals surface area (Å²) in [6, 6.07) is 23.7. The standard InChI is InChI=1S/C27H23N3O5S/c1-3-36(31,32)27-14-13-21(18-29-27)35-30-23-17-20(34-26-10-5-4-9-25(26)33-2)12-11-19(23)16-24(30)22-8-6-7-15-28-22/h4-18H,3H2,1-2H3. The van der Waals surface area contributed by atoms with Crippen molar-refractivity contribution in [2.24, 2.45) is 0 Å². The van der Waals surface area contributed by atoms with Crippen molar-refractivity contribution in [2.75, 3.05) is 12.9 Å². The van der Waals surface area contributed by atoms with E-state index in [1.165, 1.54) is 12.3 Å². The molecule has 0 atom stereocenters. The number of benzene rings is 2. The van der Waals surface area contributed by atoms with Gasteiger partial charge in [0.25, 0.3) is 0 Å². The summed E-state index contributed by atoms with van der Waals surface area (Å²) in [6.07, 6.45) is 3.10. The molecule has 36 heavy (non-hydrogen) atoms. The topological polar surface area (TPSA) is 92.5 Å².